The molecule has 0 spiro atoms. The molecule has 2 aromatic rings. The van der Waals surface area contributed by atoms with Crippen molar-refractivity contribution in [3.8, 4) is 6.07 Å². The molecule has 0 saturated heterocycles. The molecule has 0 aromatic heterocycles. The highest BCUT2D eigenvalue weighted by molar-refractivity contribution is 7.89. The van der Waals surface area contributed by atoms with Gasteiger partial charge in [-0.25, -0.2) is 17.5 Å². The highest BCUT2D eigenvalue weighted by atomic mass is 35.5. The zero-order valence-electron chi connectivity index (χ0n) is 12.1. The van der Waals surface area contributed by atoms with Crippen LogP contribution in [0.15, 0.2) is 47.4 Å². The standard InChI is InChI=1S/C15H11ClFN3O3S/c16-12-7-11(5-6-13(12)17)20-15(21)9-19-24(22,23)14-4-2-1-3-10(14)8-18/h1-7,19H,9H2,(H,20,21). The molecule has 24 heavy (non-hydrogen) atoms. The van der Waals surface area contributed by atoms with Gasteiger partial charge in [-0.15, -0.1) is 0 Å². The number of nitriles is 1. The molecule has 0 atom stereocenters. The molecule has 6 nitrogen and oxygen atoms in total. The van der Waals surface area contributed by atoms with Gasteiger partial charge in [-0.05, 0) is 30.3 Å². The van der Waals surface area contributed by atoms with Crippen molar-refractivity contribution in [1.82, 2.24) is 4.72 Å². The first kappa shape index (κ1) is 17.9. The van der Waals surface area contributed by atoms with Gasteiger partial charge >= 0.3 is 0 Å². The molecule has 0 radical (unpaired) electrons. The monoisotopic (exact) mass is 367 g/mol. The maximum atomic E-state index is 13.0. The summed E-state index contributed by atoms with van der Waals surface area (Å²) in [4.78, 5) is 11.6. The molecule has 0 saturated carbocycles. The molecule has 2 rings (SSSR count). The minimum atomic E-state index is -4.02. The highest BCUT2D eigenvalue weighted by Gasteiger charge is 2.19. The number of nitrogens with one attached hydrogen (secondary N) is 2. The van der Waals surface area contributed by atoms with E-state index in [0.717, 1.165) is 6.07 Å². The molecule has 2 N–H and O–H groups in total. The number of amides is 1. The van der Waals surface area contributed by atoms with Crippen molar-refractivity contribution < 1.29 is 17.6 Å². The maximum absolute atomic E-state index is 13.0. The van der Waals surface area contributed by atoms with E-state index in [1.54, 1.807) is 6.07 Å². The number of halogens is 2. The van der Waals surface area contributed by atoms with Crippen molar-refractivity contribution in [2.75, 3.05) is 11.9 Å². The summed E-state index contributed by atoms with van der Waals surface area (Å²) in [7, 11) is -4.02. The Morgan fingerprint density at radius 3 is 2.62 bits per heavy atom. The van der Waals surface area contributed by atoms with Crippen LogP contribution < -0.4 is 10.0 Å². The Kier molecular flexibility index (Phi) is 5.51. The van der Waals surface area contributed by atoms with Crippen LogP contribution in [0.4, 0.5) is 10.1 Å². The van der Waals surface area contributed by atoms with Gasteiger partial charge in [0.05, 0.1) is 22.0 Å². The second kappa shape index (κ2) is 7.40. The number of anilines is 1. The van der Waals surface area contributed by atoms with Gasteiger partial charge < -0.3 is 5.32 Å². The number of carbonyl (C=O) groups excluding carboxylic acids is 1. The average molecular weight is 368 g/mol. The van der Waals surface area contributed by atoms with Gasteiger partial charge in [0.2, 0.25) is 15.9 Å². The molecule has 0 aliphatic heterocycles. The lowest BCUT2D eigenvalue weighted by Crippen LogP contribution is -2.33. The minimum Gasteiger partial charge on any atom is -0.325 e. The summed E-state index contributed by atoms with van der Waals surface area (Å²) in [6.45, 7) is -0.558. The first-order chi connectivity index (χ1) is 11.3. The molecular formula is C15H11ClFN3O3S. The number of sulfonamides is 1. The summed E-state index contributed by atoms with van der Waals surface area (Å²) in [5.41, 5.74) is 0.193. The average Bonchev–Trinajstić information content (AvgIpc) is 2.56. The molecule has 0 fully saturated rings. The van der Waals surface area contributed by atoms with Gasteiger partial charge in [0, 0.05) is 5.69 Å². The quantitative estimate of drug-likeness (QED) is 0.846. The van der Waals surface area contributed by atoms with Gasteiger partial charge in [0.1, 0.15) is 11.9 Å². The minimum absolute atomic E-state index is 0.0317. The Morgan fingerprint density at radius 2 is 1.96 bits per heavy atom. The molecule has 0 heterocycles. The van der Waals surface area contributed by atoms with E-state index in [2.05, 4.69) is 10.0 Å². The lowest BCUT2D eigenvalue weighted by atomic mass is 10.2. The summed E-state index contributed by atoms with van der Waals surface area (Å²) in [6, 6.07) is 11.0. The molecular weight excluding hydrogens is 357 g/mol. The smallest absolute Gasteiger partial charge is 0.242 e. The van der Waals surface area contributed by atoms with Crippen LogP contribution in [0.2, 0.25) is 5.02 Å². The molecule has 0 aliphatic carbocycles. The van der Waals surface area contributed by atoms with Gasteiger partial charge in [0.15, 0.2) is 0 Å². The topological polar surface area (TPSA) is 99.1 Å². The number of carbonyl (C=O) groups is 1. The first-order valence-electron chi connectivity index (χ1n) is 6.57. The van der Waals surface area contributed by atoms with E-state index in [1.807, 2.05) is 0 Å². The number of hydrogen-bond donors (Lipinski definition) is 2. The highest BCUT2D eigenvalue weighted by Crippen LogP contribution is 2.19. The lowest BCUT2D eigenvalue weighted by Gasteiger charge is -2.09. The van der Waals surface area contributed by atoms with Crippen LogP contribution in [-0.4, -0.2) is 20.9 Å². The second-order valence-corrected chi connectivity index (χ2v) is 6.75. The van der Waals surface area contributed by atoms with Crippen LogP contribution in [-0.2, 0) is 14.8 Å². The Labute approximate surface area is 142 Å². The molecule has 1 amide bonds. The largest absolute Gasteiger partial charge is 0.325 e. The third kappa shape index (κ3) is 4.29. The molecule has 0 bridgehead atoms. The van der Waals surface area contributed by atoms with Crippen LogP contribution in [0.5, 0.6) is 0 Å². The van der Waals surface area contributed by atoms with E-state index in [4.69, 9.17) is 16.9 Å². The van der Waals surface area contributed by atoms with Crippen molar-refractivity contribution in [2.45, 2.75) is 4.90 Å². The Hall–Kier alpha value is -2.47. The predicted octanol–water partition coefficient (Wildman–Crippen LogP) is 2.27. The van der Waals surface area contributed by atoms with Crippen molar-refractivity contribution >= 4 is 33.2 Å². The Bertz CT molecular complexity index is 926. The summed E-state index contributed by atoms with van der Waals surface area (Å²) in [6.07, 6.45) is 0. The van der Waals surface area contributed by atoms with Crippen molar-refractivity contribution in [1.29, 1.82) is 5.26 Å². The third-order valence-corrected chi connectivity index (χ3v) is 4.67. The molecule has 2 aromatic carbocycles. The normalized spacial score (nSPS) is 10.9. The zero-order valence-corrected chi connectivity index (χ0v) is 13.7. The fourth-order valence-corrected chi connectivity index (χ4v) is 3.13. The van der Waals surface area contributed by atoms with Gasteiger partial charge in [-0.2, -0.15) is 5.26 Å². The van der Waals surface area contributed by atoms with E-state index in [-0.39, 0.29) is 21.2 Å². The van der Waals surface area contributed by atoms with Crippen LogP contribution in [0.25, 0.3) is 0 Å². The van der Waals surface area contributed by atoms with Crippen LogP contribution in [0.1, 0.15) is 5.56 Å². The summed E-state index contributed by atoms with van der Waals surface area (Å²) >= 11 is 5.59. The number of benzene rings is 2. The van der Waals surface area contributed by atoms with Crippen LogP contribution in [0, 0.1) is 17.1 Å². The van der Waals surface area contributed by atoms with Gasteiger partial charge in [-0.3, -0.25) is 4.79 Å². The molecule has 9 heteroatoms. The van der Waals surface area contributed by atoms with Crippen molar-refractivity contribution in [3.63, 3.8) is 0 Å². The summed E-state index contributed by atoms with van der Waals surface area (Å²) in [5, 5.41) is 11.1. The number of nitrogens with zero attached hydrogens (tertiary/aromatic N) is 1. The van der Waals surface area contributed by atoms with E-state index in [0.29, 0.717) is 0 Å². The third-order valence-electron chi connectivity index (χ3n) is 2.92. The summed E-state index contributed by atoms with van der Waals surface area (Å²) in [5.74, 6) is -1.31. The zero-order chi connectivity index (χ0) is 17.7. The number of rotatable bonds is 5. The SMILES string of the molecule is N#Cc1ccccc1S(=O)(=O)NCC(=O)Nc1ccc(F)c(Cl)c1. The Morgan fingerprint density at radius 1 is 1.25 bits per heavy atom. The first-order valence-corrected chi connectivity index (χ1v) is 8.43. The molecule has 0 unspecified atom stereocenters. The van der Waals surface area contributed by atoms with Crippen molar-refractivity contribution in [3.05, 3.63) is 58.9 Å². The van der Waals surface area contributed by atoms with E-state index in [9.17, 15) is 17.6 Å². The fourth-order valence-electron chi connectivity index (χ4n) is 1.81. The second-order valence-electron chi connectivity index (χ2n) is 4.61. The molecule has 124 valence electrons. The maximum Gasteiger partial charge on any atom is 0.242 e. The van der Waals surface area contributed by atoms with Crippen LogP contribution in [0.3, 0.4) is 0 Å². The van der Waals surface area contributed by atoms with E-state index in [1.165, 1.54) is 36.4 Å². The van der Waals surface area contributed by atoms with Gasteiger partial charge in [0.25, 0.3) is 0 Å². The molecule has 0 aliphatic rings. The van der Waals surface area contributed by atoms with Crippen LogP contribution >= 0.6 is 11.6 Å². The van der Waals surface area contributed by atoms with Crippen molar-refractivity contribution in [2.24, 2.45) is 0 Å². The summed E-state index contributed by atoms with van der Waals surface area (Å²) < 4.78 is 39.4. The fraction of sp³-hybridized carbons (Fsp3) is 0.0667. The van der Waals surface area contributed by atoms with Gasteiger partial charge in [-0.1, -0.05) is 23.7 Å². The predicted molar refractivity (Wildman–Crippen MR) is 86.4 cm³/mol. The van der Waals surface area contributed by atoms with E-state index >= 15 is 0 Å². The number of hydrogen-bond acceptors (Lipinski definition) is 4. The lowest BCUT2D eigenvalue weighted by molar-refractivity contribution is -0.115. The Balaban J connectivity index is 2.05. The van der Waals surface area contributed by atoms with E-state index < -0.39 is 28.3 Å².